The first-order valence-corrected chi connectivity index (χ1v) is 9.57. The van der Waals surface area contributed by atoms with Gasteiger partial charge in [0.1, 0.15) is 0 Å². The van der Waals surface area contributed by atoms with Crippen molar-refractivity contribution in [1.82, 2.24) is 10.6 Å². The van der Waals surface area contributed by atoms with Gasteiger partial charge in [-0.2, -0.15) is 0 Å². The van der Waals surface area contributed by atoms with Crippen LogP contribution in [-0.4, -0.2) is 36.3 Å². The zero-order valence-corrected chi connectivity index (χ0v) is 17.5. The molecule has 0 heterocycles. The number of aryl methyl sites for hydroxylation is 1. The summed E-state index contributed by atoms with van der Waals surface area (Å²) < 4.78 is 0. The third kappa shape index (κ3) is 5.84. The number of aliphatic hydroxyl groups excluding tert-OH is 1. The molecule has 3 rings (SSSR count). The van der Waals surface area contributed by atoms with Gasteiger partial charge in [-0.15, -0.1) is 24.0 Å². The van der Waals surface area contributed by atoms with Gasteiger partial charge < -0.3 is 15.7 Å². The number of nitrogens with one attached hydrogen (secondary N) is 2. The Hall–Kier alpha value is -0.820. The number of fused-ring (bicyclic) bond motifs is 1. The van der Waals surface area contributed by atoms with Crippen LogP contribution >= 0.6 is 24.0 Å². The zero-order chi connectivity index (χ0) is 16.8. The minimum Gasteiger partial charge on any atom is -0.393 e. The van der Waals surface area contributed by atoms with Crippen LogP contribution in [0.1, 0.15) is 62.5 Å². The number of hydrogen-bond acceptors (Lipinski definition) is 2. The molecule has 140 valence electrons. The third-order valence-corrected chi connectivity index (χ3v) is 5.35. The molecule has 0 aromatic heterocycles. The van der Waals surface area contributed by atoms with E-state index in [1.54, 1.807) is 0 Å². The van der Waals surface area contributed by atoms with E-state index in [9.17, 15) is 5.11 Å². The summed E-state index contributed by atoms with van der Waals surface area (Å²) in [5, 5.41) is 16.6. The van der Waals surface area contributed by atoms with Crippen molar-refractivity contribution in [3.63, 3.8) is 0 Å². The van der Waals surface area contributed by atoms with Crippen LogP contribution in [0.25, 0.3) is 0 Å². The molecule has 1 fully saturated rings. The van der Waals surface area contributed by atoms with Crippen molar-refractivity contribution in [3.8, 4) is 0 Å². The number of guanidine groups is 1. The van der Waals surface area contributed by atoms with Crippen LogP contribution < -0.4 is 10.6 Å². The number of nitrogens with zero attached hydrogens (tertiary/aromatic N) is 1. The van der Waals surface area contributed by atoms with Gasteiger partial charge in [0.25, 0.3) is 0 Å². The van der Waals surface area contributed by atoms with Crippen LogP contribution in [0.4, 0.5) is 0 Å². The SMILES string of the molecule is CCNC(=NCC1CCCc2ccccc21)NC1CCC(O)CC1.I. The molecule has 1 atom stereocenters. The molecule has 0 bridgehead atoms. The summed E-state index contributed by atoms with van der Waals surface area (Å²) in [4.78, 5) is 4.88. The number of benzene rings is 1. The van der Waals surface area contributed by atoms with Crippen molar-refractivity contribution in [2.75, 3.05) is 13.1 Å². The molecule has 2 aliphatic carbocycles. The van der Waals surface area contributed by atoms with E-state index in [0.717, 1.165) is 44.7 Å². The highest BCUT2D eigenvalue weighted by Crippen LogP contribution is 2.31. The van der Waals surface area contributed by atoms with Crippen molar-refractivity contribution < 1.29 is 5.11 Å². The van der Waals surface area contributed by atoms with Crippen LogP contribution in [0.15, 0.2) is 29.3 Å². The van der Waals surface area contributed by atoms with Gasteiger partial charge in [-0.05, 0) is 63.0 Å². The molecule has 5 heteroatoms. The van der Waals surface area contributed by atoms with Gasteiger partial charge in [-0.1, -0.05) is 24.3 Å². The zero-order valence-electron chi connectivity index (χ0n) is 15.2. The van der Waals surface area contributed by atoms with E-state index in [4.69, 9.17) is 4.99 Å². The number of aliphatic hydroxyl groups is 1. The Morgan fingerprint density at radius 2 is 1.92 bits per heavy atom. The van der Waals surface area contributed by atoms with Crippen molar-refractivity contribution in [2.45, 2.75) is 69.9 Å². The van der Waals surface area contributed by atoms with Crippen molar-refractivity contribution in [3.05, 3.63) is 35.4 Å². The Bertz CT molecular complexity index is 556. The molecule has 0 spiro atoms. The number of hydrogen-bond donors (Lipinski definition) is 3. The lowest BCUT2D eigenvalue weighted by Crippen LogP contribution is -2.45. The maximum Gasteiger partial charge on any atom is 0.191 e. The standard InChI is InChI=1S/C20H31N3O.HI/c1-2-21-20(23-17-10-12-18(24)13-11-17)22-14-16-8-5-7-15-6-3-4-9-19(15)16;/h3-4,6,9,16-18,24H,2,5,7-8,10-14H2,1H3,(H2,21,22,23);1H. The largest absolute Gasteiger partial charge is 0.393 e. The van der Waals surface area contributed by atoms with E-state index in [2.05, 4.69) is 41.8 Å². The normalized spacial score (nSPS) is 26.3. The van der Waals surface area contributed by atoms with E-state index in [1.807, 2.05) is 0 Å². The first-order valence-electron chi connectivity index (χ1n) is 9.57. The van der Waals surface area contributed by atoms with E-state index >= 15 is 0 Å². The molecular weight excluding hydrogens is 425 g/mol. The molecule has 0 amide bonds. The monoisotopic (exact) mass is 457 g/mol. The molecule has 1 aromatic rings. The first kappa shape index (κ1) is 20.5. The van der Waals surface area contributed by atoms with Crippen molar-refractivity contribution in [1.29, 1.82) is 0 Å². The van der Waals surface area contributed by atoms with Gasteiger partial charge >= 0.3 is 0 Å². The third-order valence-electron chi connectivity index (χ3n) is 5.35. The van der Waals surface area contributed by atoms with Gasteiger partial charge in [0.2, 0.25) is 0 Å². The average molecular weight is 457 g/mol. The summed E-state index contributed by atoms with van der Waals surface area (Å²) in [7, 11) is 0. The van der Waals surface area contributed by atoms with Crippen LogP contribution in [0.2, 0.25) is 0 Å². The molecule has 1 saturated carbocycles. The topological polar surface area (TPSA) is 56.7 Å². The Balaban J connectivity index is 0.00000225. The second kappa shape index (κ2) is 10.4. The summed E-state index contributed by atoms with van der Waals surface area (Å²) in [6.07, 6.45) is 7.44. The van der Waals surface area contributed by atoms with Crippen LogP contribution in [0, 0.1) is 0 Å². The Labute approximate surface area is 168 Å². The highest BCUT2D eigenvalue weighted by atomic mass is 127. The second-order valence-corrected chi connectivity index (χ2v) is 7.16. The summed E-state index contributed by atoms with van der Waals surface area (Å²) in [5.74, 6) is 1.47. The fourth-order valence-corrected chi connectivity index (χ4v) is 3.98. The lowest BCUT2D eigenvalue weighted by Gasteiger charge is -2.28. The lowest BCUT2D eigenvalue weighted by molar-refractivity contribution is 0.120. The van der Waals surface area contributed by atoms with Crippen LogP contribution in [-0.2, 0) is 6.42 Å². The van der Waals surface area contributed by atoms with E-state index < -0.39 is 0 Å². The predicted molar refractivity (Wildman–Crippen MR) is 115 cm³/mol. The second-order valence-electron chi connectivity index (χ2n) is 7.16. The molecule has 2 aliphatic rings. The van der Waals surface area contributed by atoms with E-state index in [-0.39, 0.29) is 30.1 Å². The van der Waals surface area contributed by atoms with Gasteiger partial charge in [0.15, 0.2) is 5.96 Å². The smallest absolute Gasteiger partial charge is 0.191 e. The molecule has 0 radical (unpaired) electrons. The van der Waals surface area contributed by atoms with Crippen LogP contribution in [0.3, 0.4) is 0 Å². The minimum atomic E-state index is -0.110. The average Bonchev–Trinajstić information content (AvgIpc) is 2.62. The Kier molecular flexibility index (Phi) is 8.49. The maximum atomic E-state index is 9.66. The molecule has 1 aromatic carbocycles. The number of halogens is 1. The predicted octanol–water partition coefficient (Wildman–Crippen LogP) is 3.58. The van der Waals surface area contributed by atoms with E-state index in [0.29, 0.717) is 12.0 Å². The summed E-state index contributed by atoms with van der Waals surface area (Å²) in [5.41, 5.74) is 2.99. The van der Waals surface area contributed by atoms with Crippen LogP contribution in [0.5, 0.6) is 0 Å². The summed E-state index contributed by atoms with van der Waals surface area (Å²) in [6, 6.07) is 9.27. The first-order chi connectivity index (χ1) is 11.8. The highest BCUT2D eigenvalue weighted by Gasteiger charge is 2.21. The Morgan fingerprint density at radius 3 is 2.68 bits per heavy atom. The molecule has 0 aliphatic heterocycles. The highest BCUT2D eigenvalue weighted by molar-refractivity contribution is 14.0. The summed E-state index contributed by atoms with van der Waals surface area (Å²) in [6.45, 7) is 3.84. The maximum absolute atomic E-state index is 9.66. The van der Waals surface area contributed by atoms with Crippen molar-refractivity contribution >= 4 is 29.9 Å². The lowest BCUT2D eigenvalue weighted by atomic mass is 9.83. The van der Waals surface area contributed by atoms with E-state index in [1.165, 1.54) is 30.4 Å². The number of rotatable bonds is 4. The fraction of sp³-hybridized carbons (Fsp3) is 0.650. The molecule has 0 saturated heterocycles. The molecular formula is C20H32IN3O. The van der Waals surface area contributed by atoms with Crippen molar-refractivity contribution in [2.24, 2.45) is 4.99 Å². The Morgan fingerprint density at radius 1 is 1.16 bits per heavy atom. The van der Waals surface area contributed by atoms with Gasteiger partial charge in [-0.25, -0.2) is 0 Å². The molecule has 3 N–H and O–H groups in total. The van der Waals surface area contributed by atoms with Gasteiger partial charge in [-0.3, -0.25) is 4.99 Å². The molecule has 4 nitrogen and oxygen atoms in total. The summed E-state index contributed by atoms with van der Waals surface area (Å²) >= 11 is 0. The van der Waals surface area contributed by atoms with Gasteiger partial charge in [0, 0.05) is 25.0 Å². The quantitative estimate of drug-likeness (QED) is 0.368. The number of aliphatic imine (C=N–C) groups is 1. The molecule has 25 heavy (non-hydrogen) atoms. The van der Waals surface area contributed by atoms with Gasteiger partial charge in [0.05, 0.1) is 6.10 Å². The minimum absolute atomic E-state index is 0. The molecule has 1 unspecified atom stereocenters. The fourth-order valence-electron chi connectivity index (χ4n) is 3.98.